The van der Waals surface area contributed by atoms with Crippen LogP contribution in [0.25, 0.3) is 0 Å². The maximum atomic E-state index is 11.0. The van der Waals surface area contributed by atoms with Crippen LogP contribution < -0.4 is 11.3 Å². The van der Waals surface area contributed by atoms with Crippen LogP contribution in [0.5, 0.6) is 0 Å². The van der Waals surface area contributed by atoms with Crippen molar-refractivity contribution < 1.29 is 4.74 Å². The summed E-state index contributed by atoms with van der Waals surface area (Å²) in [6.07, 6.45) is 0. The number of rotatable bonds is 2. The third kappa shape index (κ3) is 2.06. The van der Waals surface area contributed by atoms with Gasteiger partial charge in [0.05, 0.1) is 0 Å². The van der Waals surface area contributed by atoms with Crippen molar-refractivity contribution in [1.82, 2.24) is 9.97 Å². The Hall–Kier alpha value is -1.36. The molecule has 5 heteroatoms. The average molecular weight is 183 g/mol. The fraction of sp³-hybridized carbons (Fsp3) is 0.500. The molecule has 0 fully saturated rings. The van der Waals surface area contributed by atoms with E-state index in [1.54, 1.807) is 21.0 Å². The van der Waals surface area contributed by atoms with Gasteiger partial charge in [0.25, 0.3) is 5.56 Å². The molecule has 0 saturated carbocycles. The van der Waals surface area contributed by atoms with Crippen molar-refractivity contribution in [2.75, 3.05) is 12.8 Å². The molecule has 0 aliphatic carbocycles. The second kappa shape index (κ2) is 3.18. The van der Waals surface area contributed by atoms with Crippen LogP contribution in [0.4, 0.5) is 5.82 Å². The lowest BCUT2D eigenvalue weighted by Gasteiger charge is -2.21. The Morgan fingerprint density at radius 3 is 2.69 bits per heavy atom. The number of nitrogens with one attached hydrogen (secondary N) is 1. The molecule has 0 aromatic carbocycles. The van der Waals surface area contributed by atoms with E-state index in [-0.39, 0.29) is 11.4 Å². The molecule has 1 aromatic heterocycles. The molecule has 3 N–H and O–H groups in total. The summed E-state index contributed by atoms with van der Waals surface area (Å²) in [5.74, 6) is 0.629. The summed E-state index contributed by atoms with van der Waals surface area (Å²) in [5, 5.41) is 0. The monoisotopic (exact) mass is 183 g/mol. The van der Waals surface area contributed by atoms with Gasteiger partial charge in [-0.25, -0.2) is 4.98 Å². The lowest BCUT2D eigenvalue weighted by atomic mass is 10.1. The standard InChI is InChI=1S/C8H13N3O2/c1-8(2,13-3)7-10-5(9)4-6(12)11-7/h4H,1-3H3,(H3,9,10,11,12). The topological polar surface area (TPSA) is 81.0 Å². The number of nitrogen functional groups attached to an aromatic ring is 1. The van der Waals surface area contributed by atoms with Crippen molar-refractivity contribution in [3.8, 4) is 0 Å². The molecule has 1 heterocycles. The van der Waals surface area contributed by atoms with Crippen molar-refractivity contribution in [3.05, 3.63) is 22.2 Å². The van der Waals surface area contributed by atoms with Crippen LogP contribution in [0.1, 0.15) is 19.7 Å². The van der Waals surface area contributed by atoms with Gasteiger partial charge in [0, 0.05) is 13.2 Å². The van der Waals surface area contributed by atoms with E-state index in [1.807, 2.05) is 0 Å². The Balaban J connectivity index is 3.23. The van der Waals surface area contributed by atoms with Crippen LogP contribution in [0, 0.1) is 0 Å². The largest absolute Gasteiger partial charge is 0.383 e. The van der Waals surface area contributed by atoms with Crippen LogP contribution >= 0.6 is 0 Å². The molecule has 5 nitrogen and oxygen atoms in total. The van der Waals surface area contributed by atoms with Crippen LogP contribution in [0.15, 0.2) is 10.9 Å². The first-order valence-electron chi connectivity index (χ1n) is 3.88. The molecule has 0 spiro atoms. The molecule has 0 atom stereocenters. The molecule has 0 radical (unpaired) electrons. The Morgan fingerprint density at radius 1 is 1.62 bits per heavy atom. The molecule has 1 aromatic rings. The lowest BCUT2D eigenvalue weighted by molar-refractivity contribution is 0.0114. The fourth-order valence-corrected chi connectivity index (χ4v) is 0.858. The average Bonchev–Trinajstić information content (AvgIpc) is 2.02. The Morgan fingerprint density at radius 2 is 2.23 bits per heavy atom. The summed E-state index contributed by atoms with van der Waals surface area (Å²) in [5.41, 5.74) is 4.52. The molecule has 13 heavy (non-hydrogen) atoms. The maximum Gasteiger partial charge on any atom is 0.253 e. The van der Waals surface area contributed by atoms with Gasteiger partial charge in [-0.05, 0) is 13.8 Å². The summed E-state index contributed by atoms with van der Waals surface area (Å²) in [6, 6.07) is 1.23. The van der Waals surface area contributed by atoms with E-state index in [1.165, 1.54) is 6.07 Å². The highest BCUT2D eigenvalue weighted by Crippen LogP contribution is 2.18. The second-order valence-electron chi connectivity index (χ2n) is 3.23. The van der Waals surface area contributed by atoms with E-state index >= 15 is 0 Å². The maximum absolute atomic E-state index is 11.0. The third-order valence-corrected chi connectivity index (χ3v) is 1.84. The smallest absolute Gasteiger partial charge is 0.253 e. The number of hydrogen-bond donors (Lipinski definition) is 2. The van der Waals surface area contributed by atoms with E-state index in [0.717, 1.165) is 0 Å². The molecule has 0 bridgehead atoms. The van der Waals surface area contributed by atoms with Crippen molar-refractivity contribution >= 4 is 5.82 Å². The first kappa shape index (κ1) is 9.73. The number of anilines is 1. The zero-order valence-corrected chi connectivity index (χ0v) is 7.92. The van der Waals surface area contributed by atoms with E-state index in [9.17, 15) is 4.79 Å². The number of ether oxygens (including phenoxy) is 1. The number of aromatic amines is 1. The Bertz CT molecular complexity index is 357. The summed E-state index contributed by atoms with van der Waals surface area (Å²) in [4.78, 5) is 17.6. The minimum atomic E-state index is -0.630. The first-order valence-corrected chi connectivity index (χ1v) is 3.88. The fourth-order valence-electron chi connectivity index (χ4n) is 0.858. The predicted octanol–water partition coefficient (Wildman–Crippen LogP) is 0.234. The van der Waals surface area contributed by atoms with Crippen molar-refractivity contribution in [1.29, 1.82) is 0 Å². The molecule has 0 aliphatic heterocycles. The highest BCUT2D eigenvalue weighted by molar-refractivity contribution is 5.26. The van der Waals surface area contributed by atoms with Gasteiger partial charge in [-0.3, -0.25) is 4.79 Å². The van der Waals surface area contributed by atoms with E-state index < -0.39 is 5.60 Å². The summed E-state index contributed by atoms with van der Waals surface area (Å²) < 4.78 is 5.15. The molecule has 0 aliphatic rings. The molecule has 0 amide bonds. The SMILES string of the molecule is COC(C)(C)c1nc(N)cc(=O)[nH]1. The molecule has 72 valence electrons. The molecular formula is C8H13N3O2. The summed E-state index contributed by atoms with van der Waals surface area (Å²) >= 11 is 0. The molecule has 0 unspecified atom stereocenters. The van der Waals surface area contributed by atoms with E-state index in [4.69, 9.17) is 10.5 Å². The second-order valence-corrected chi connectivity index (χ2v) is 3.23. The number of methoxy groups -OCH3 is 1. The van der Waals surface area contributed by atoms with Crippen molar-refractivity contribution in [3.63, 3.8) is 0 Å². The summed E-state index contributed by atoms with van der Waals surface area (Å²) in [6.45, 7) is 3.59. The van der Waals surface area contributed by atoms with Gasteiger partial charge in [0.1, 0.15) is 17.2 Å². The van der Waals surface area contributed by atoms with Gasteiger partial charge in [0.15, 0.2) is 0 Å². The lowest BCUT2D eigenvalue weighted by Crippen LogP contribution is -2.27. The van der Waals surface area contributed by atoms with Crippen molar-refractivity contribution in [2.24, 2.45) is 0 Å². The first-order chi connectivity index (χ1) is 5.95. The van der Waals surface area contributed by atoms with Crippen LogP contribution in [-0.4, -0.2) is 17.1 Å². The minimum Gasteiger partial charge on any atom is -0.383 e. The van der Waals surface area contributed by atoms with Gasteiger partial charge in [0.2, 0.25) is 0 Å². The number of H-pyrrole nitrogens is 1. The Labute approximate surface area is 75.9 Å². The zero-order chi connectivity index (χ0) is 10.1. The predicted molar refractivity (Wildman–Crippen MR) is 49.3 cm³/mol. The Kier molecular flexibility index (Phi) is 2.38. The zero-order valence-electron chi connectivity index (χ0n) is 7.92. The van der Waals surface area contributed by atoms with Crippen LogP contribution in [0.3, 0.4) is 0 Å². The normalized spacial score (nSPS) is 11.6. The molecule has 0 saturated heterocycles. The third-order valence-electron chi connectivity index (χ3n) is 1.84. The van der Waals surface area contributed by atoms with Gasteiger partial charge in [-0.2, -0.15) is 0 Å². The van der Waals surface area contributed by atoms with Gasteiger partial charge < -0.3 is 15.5 Å². The van der Waals surface area contributed by atoms with E-state index in [0.29, 0.717) is 5.82 Å². The highest BCUT2D eigenvalue weighted by Gasteiger charge is 2.22. The number of nitrogens with zero attached hydrogens (tertiary/aromatic N) is 1. The van der Waals surface area contributed by atoms with Crippen LogP contribution in [0.2, 0.25) is 0 Å². The number of nitrogens with two attached hydrogens (primary N) is 1. The van der Waals surface area contributed by atoms with Crippen LogP contribution in [-0.2, 0) is 10.3 Å². The van der Waals surface area contributed by atoms with E-state index in [2.05, 4.69) is 9.97 Å². The molecular weight excluding hydrogens is 170 g/mol. The summed E-state index contributed by atoms with van der Waals surface area (Å²) in [7, 11) is 1.54. The van der Waals surface area contributed by atoms with Crippen molar-refractivity contribution in [2.45, 2.75) is 19.4 Å². The number of hydrogen-bond acceptors (Lipinski definition) is 4. The quantitative estimate of drug-likeness (QED) is 0.687. The molecule has 1 rings (SSSR count). The van der Waals surface area contributed by atoms with Gasteiger partial charge >= 0.3 is 0 Å². The number of aromatic nitrogens is 2. The van der Waals surface area contributed by atoms with Gasteiger partial charge in [-0.15, -0.1) is 0 Å². The minimum absolute atomic E-state index is 0.198. The van der Waals surface area contributed by atoms with Gasteiger partial charge in [-0.1, -0.05) is 0 Å². The highest BCUT2D eigenvalue weighted by atomic mass is 16.5.